The van der Waals surface area contributed by atoms with Gasteiger partial charge < -0.3 is 11.1 Å². The van der Waals surface area contributed by atoms with Gasteiger partial charge in [0.15, 0.2) is 0 Å². The molecule has 2 heterocycles. The number of nitrogen functional groups attached to an aromatic ring is 1. The third kappa shape index (κ3) is 2.52. The Morgan fingerprint density at radius 3 is 2.72 bits per heavy atom. The van der Waals surface area contributed by atoms with Crippen molar-refractivity contribution in [2.24, 2.45) is 7.05 Å². The molecule has 0 spiro atoms. The molecule has 0 amide bonds. The second-order valence-electron chi connectivity index (χ2n) is 3.92. The van der Waals surface area contributed by atoms with Crippen molar-refractivity contribution in [3.05, 3.63) is 33.6 Å². The van der Waals surface area contributed by atoms with Crippen molar-refractivity contribution >= 4 is 34.8 Å². The topological polar surface area (TPSA) is 68.8 Å². The highest BCUT2D eigenvalue weighted by molar-refractivity contribution is 6.37. The molecule has 0 fully saturated rings. The Hall–Kier alpha value is -1.46. The van der Waals surface area contributed by atoms with Crippen molar-refractivity contribution in [1.29, 1.82) is 0 Å². The van der Waals surface area contributed by atoms with Gasteiger partial charge in [-0.3, -0.25) is 4.68 Å². The van der Waals surface area contributed by atoms with E-state index in [4.69, 9.17) is 28.9 Å². The van der Waals surface area contributed by atoms with Crippen LogP contribution in [0.5, 0.6) is 0 Å². The number of nitrogens with zero attached hydrogens (tertiary/aromatic N) is 3. The number of aryl methyl sites for hydroxylation is 1. The number of rotatable bonds is 3. The number of hydrogen-bond acceptors (Lipinski definition) is 4. The van der Waals surface area contributed by atoms with Crippen LogP contribution in [-0.2, 0) is 13.6 Å². The number of nitrogens with two attached hydrogens (primary N) is 1. The minimum atomic E-state index is 0.256. The molecule has 2 aromatic rings. The average Bonchev–Trinajstić information content (AvgIpc) is 2.63. The number of nitrogens with one attached hydrogen (secondary N) is 1. The van der Waals surface area contributed by atoms with E-state index < -0.39 is 0 Å². The molecule has 0 aliphatic heterocycles. The van der Waals surface area contributed by atoms with Gasteiger partial charge in [0.25, 0.3) is 0 Å². The molecule has 0 aliphatic carbocycles. The lowest BCUT2D eigenvalue weighted by atomic mass is 10.2. The van der Waals surface area contributed by atoms with Crippen molar-refractivity contribution < 1.29 is 0 Å². The third-order valence-electron chi connectivity index (χ3n) is 2.74. The highest BCUT2D eigenvalue weighted by atomic mass is 35.5. The fourth-order valence-corrected chi connectivity index (χ4v) is 1.93. The Balaban J connectivity index is 2.16. The van der Waals surface area contributed by atoms with Gasteiger partial charge in [-0.25, -0.2) is 4.98 Å². The summed E-state index contributed by atoms with van der Waals surface area (Å²) >= 11 is 11.8. The lowest BCUT2D eigenvalue weighted by Gasteiger charge is -2.08. The number of halogens is 2. The van der Waals surface area contributed by atoms with Gasteiger partial charge in [0.2, 0.25) is 0 Å². The van der Waals surface area contributed by atoms with Crippen molar-refractivity contribution in [2.45, 2.75) is 13.5 Å². The number of anilines is 2. The Morgan fingerprint density at radius 1 is 1.39 bits per heavy atom. The maximum atomic E-state index is 6.03. The first kappa shape index (κ1) is 13.0. The summed E-state index contributed by atoms with van der Waals surface area (Å²) < 4.78 is 1.81. The van der Waals surface area contributed by atoms with Crippen LogP contribution in [0.1, 0.15) is 11.3 Å². The van der Waals surface area contributed by atoms with E-state index >= 15 is 0 Å². The van der Waals surface area contributed by atoms with Gasteiger partial charge in [-0.05, 0) is 13.0 Å². The zero-order valence-electron chi connectivity index (χ0n) is 10.0. The molecule has 96 valence electrons. The molecule has 18 heavy (non-hydrogen) atoms. The summed E-state index contributed by atoms with van der Waals surface area (Å²) in [5.74, 6) is 0.772. The van der Waals surface area contributed by atoms with Gasteiger partial charge in [-0.2, -0.15) is 5.10 Å². The van der Waals surface area contributed by atoms with Gasteiger partial charge in [-0.1, -0.05) is 23.2 Å². The molecule has 0 aliphatic rings. The minimum Gasteiger partial charge on any atom is -0.382 e. The van der Waals surface area contributed by atoms with Gasteiger partial charge in [0.1, 0.15) is 11.6 Å². The molecule has 2 aromatic heterocycles. The van der Waals surface area contributed by atoms with Gasteiger partial charge in [-0.15, -0.1) is 0 Å². The highest BCUT2D eigenvalue weighted by Gasteiger charge is 2.08. The minimum absolute atomic E-state index is 0.256. The Morgan fingerprint density at radius 2 is 2.11 bits per heavy atom. The molecular formula is C11H13Cl2N5. The lowest BCUT2D eigenvalue weighted by Crippen LogP contribution is -2.05. The Bertz CT molecular complexity index is 579. The molecule has 0 aromatic carbocycles. The zero-order chi connectivity index (χ0) is 13.3. The van der Waals surface area contributed by atoms with Crippen LogP contribution >= 0.6 is 23.2 Å². The monoisotopic (exact) mass is 285 g/mol. The van der Waals surface area contributed by atoms with Crippen LogP contribution in [0.15, 0.2) is 12.3 Å². The third-order valence-corrected chi connectivity index (χ3v) is 3.33. The normalized spacial score (nSPS) is 10.7. The van der Waals surface area contributed by atoms with E-state index in [0.29, 0.717) is 22.4 Å². The van der Waals surface area contributed by atoms with E-state index in [0.717, 1.165) is 11.3 Å². The van der Waals surface area contributed by atoms with Crippen LogP contribution in [-0.4, -0.2) is 14.8 Å². The molecular weight excluding hydrogens is 273 g/mol. The summed E-state index contributed by atoms with van der Waals surface area (Å²) in [6, 6.07) is 1.57. The van der Waals surface area contributed by atoms with Crippen LogP contribution in [0, 0.1) is 6.92 Å². The summed E-state index contributed by atoms with van der Waals surface area (Å²) in [4.78, 5) is 4.10. The van der Waals surface area contributed by atoms with Gasteiger partial charge in [0, 0.05) is 24.8 Å². The fourth-order valence-electron chi connectivity index (χ4n) is 1.50. The summed E-state index contributed by atoms with van der Waals surface area (Å²) in [5.41, 5.74) is 7.79. The smallest absolute Gasteiger partial charge is 0.147 e. The molecule has 0 atom stereocenters. The first-order valence-corrected chi connectivity index (χ1v) is 6.07. The Labute approximate surface area is 115 Å². The number of pyridine rings is 1. The average molecular weight is 286 g/mol. The van der Waals surface area contributed by atoms with E-state index in [-0.39, 0.29) is 5.82 Å². The standard InChI is InChI=1S/C11H13Cl2N5/c1-6-7(5-16-18(6)2)4-15-11-9(13)3-8(12)10(14)17-11/h3,5H,4H2,1-2H3,(H3,14,15,17). The van der Waals surface area contributed by atoms with Crippen LogP contribution in [0.2, 0.25) is 10.0 Å². The number of hydrogen-bond donors (Lipinski definition) is 2. The van der Waals surface area contributed by atoms with E-state index in [1.54, 1.807) is 12.3 Å². The highest BCUT2D eigenvalue weighted by Crippen LogP contribution is 2.27. The second kappa shape index (κ2) is 5.04. The summed E-state index contributed by atoms with van der Waals surface area (Å²) in [6.45, 7) is 2.57. The van der Waals surface area contributed by atoms with Crippen molar-refractivity contribution in [3.8, 4) is 0 Å². The first-order valence-electron chi connectivity index (χ1n) is 5.32. The number of aromatic nitrogens is 3. The molecule has 0 bridgehead atoms. The van der Waals surface area contributed by atoms with Crippen LogP contribution in [0.3, 0.4) is 0 Å². The molecule has 0 saturated carbocycles. The Kier molecular flexibility index (Phi) is 3.63. The molecule has 0 unspecified atom stereocenters. The van der Waals surface area contributed by atoms with Crippen molar-refractivity contribution in [2.75, 3.05) is 11.1 Å². The lowest BCUT2D eigenvalue weighted by molar-refractivity contribution is 0.738. The molecule has 2 rings (SSSR count). The van der Waals surface area contributed by atoms with Crippen molar-refractivity contribution in [1.82, 2.24) is 14.8 Å². The quantitative estimate of drug-likeness (QED) is 0.910. The van der Waals surface area contributed by atoms with Crippen LogP contribution < -0.4 is 11.1 Å². The predicted molar refractivity (Wildman–Crippen MR) is 73.9 cm³/mol. The van der Waals surface area contributed by atoms with Gasteiger partial charge >= 0.3 is 0 Å². The summed E-state index contributed by atoms with van der Waals surface area (Å²) in [6.07, 6.45) is 1.80. The first-order chi connectivity index (χ1) is 8.49. The van der Waals surface area contributed by atoms with E-state index in [1.807, 2.05) is 18.7 Å². The fraction of sp³-hybridized carbons (Fsp3) is 0.273. The maximum absolute atomic E-state index is 6.03. The van der Waals surface area contributed by atoms with E-state index in [1.165, 1.54) is 0 Å². The molecule has 5 nitrogen and oxygen atoms in total. The summed E-state index contributed by atoms with van der Waals surface area (Å²) in [7, 11) is 1.89. The van der Waals surface area contributed by atoms with Crippen LogP contribution in [0.4, 0.5) is 11.6 Å². The van der Waals surface area contributed by atoms with Crippen LogP contribution in [0.25, 0.3) is 0 Å². The largest absolute Gasteiger partial charge is 0.382 e. The maximum Gasteiger partial charge on any atom is 0.147 e. The zero-order valence-corrected chi connectivity index (χ0v) is 11.5. The van der Waals surface area contributed by atoms with E-state index in [2.05, 4.69) is 15.4 Å². The SMILES string of the molecule is Cc1c(CNc2nc(N)c(Cl)cc2Cl)cnn1C. The van der Waals surface area contributed by atoms with Gasteiger partial charge in [0.05, 0.1) is 16.2 Å². The molecule has 0 radical (unpaired) electrons. The molecule has 3 N–H and O–H groups in total. The predicted octanol–water partition coefficient (Wildman–Crippen LogP) is 2.62. The van der Waals surface area contributed by atoms with Crippen molar-refractivity contribution in [3.63, 3.8) is 0 Å². The molecule has 7 heteroatoms. The second-order valence-corrected chi connectivity index (χ2v) is 4.73. The van der Waals surface area contributed by atoms with E-state index in [9.17, 15) is 0 Å². The molecule has 0 saturated heterocycles. The summed E-state index contributed by atoms with van der Waals surface area (Å²) in [5, 5.41) is 8.07.